The molecule has 0 unspecified atom stereocenters. The number of rotatable bonds is 17. The standard InChI is InChI=1S/C22H28F2O8/c23-19-15-17(1-3-21(19)25)31-13-11-29-9-7-27-5-6-28-8-10-30-12-14-32-18-2-4-22(26)20(24)16-18/h1-4,15-16,25-26H,5-14H2. The Balaban J connectivity index is 1.31. The zero-order chi connectivity index (χ0) is 23.0. The van der Waals surface area contributed by atoms with Crippen LogP contribution in [0.15, 0.2) is 36.4 Å². The maximum atomic E-state index is 13.1. The van der Waals surface area contributed by atoms with E-state index >= 15 is 0 Å². The number of halogens is 2. The summed E-state index contributed by atoms with van der Waals surface area (Å²) in [7, 11) is 0. The fraction of sp³-hybridized carbons (Fsp3) is 0.455. The van der Waals surface area contributed by atoms with Crippen LogP contribution < -0.4 is 9.47 Å². The van der Waals surface area contributed by atoms with Crippen LogP contribution in [0.1, 0.15) is 0 Å². The first kappa shape index (κ1) is 25.6. The van der Waals surface area contributed by atoms with Crippen molar-refractivity contribution in [3.05, 3.63) is 48.0 Å². The molecule has 0 fully saturated rings. The zero-order valence-corrected chi connectivity index (χ0v) is 17.6. The van der Waals surface area contributed by atoms with E-state index in [1.54, 1.807) is 0 Å². The van der Waals surface area contributed by atoms with Crippen LogP contribution in [0.3, 0.4) is 0 Å². The Morgan fingerprint density at radius 1 is 0.500 bits per heavy atom. The van der Waals surface area contributed by atoms with Gasteiger partial charge in [-0.15, -0.1) is 0 Å². The minimum atomic E-state index is -0.733. The monoisotopic (exact) mass is 458 g/mol. The summed E-state index contributed by atoms with van der Waals surface area (Å²) in [4.78, 5) is 0. The van der Waals surface area contributed by atoms with E-state index in [9.17, 15) is 8.78 Å². The highest BCUT2D eigenvalue weighted by Gasteiger charge is 2.03. The van der Waals surface area contributed by atoms with Crippen molar-refractivity contribution < 1.29 is 47.4 Å². The molecule has 0 bridgehead atoms. The summed E-state index contributed by atoms with van der Waals surface area (Å²) in [6.07, 6.45) is 0. The molecule has 0 atom stereocenters. The molecule has 2 aromatic carbocycles. The first-order valence-electron chi connectivity index (χ1n) is 10.1. The molecule has 0 aliphatic rings. The fourth-order valence-corrected chi connectivity index (χ4v) is 2.35. The molecule has 0 radical (unpaired) electrons. The lowest BCUT2D eigenvalue weighted by molar-refractivity contribution is -0.00700. The summed E-state index contributed by atoms with van der Waals surface area (Å²) in [5, 5.41) is 18.2. The third-order valence-corrected chi connectivity index (χ3v) is 3.95. The van der Waals surface area contributed by atoms with Gasteiger partial charge in [0.2, 0.25) is 0 Å². The number of phenols is 2. The Bertz CT molecular complexity index is 725. The van der Waals surface area contributed by atoms with Gasteiger partial charge in [-0.3, -0.25) is 0 Å². The van der Waals surface area contributed by atoms with Gasteiger partial charge in [0.25, 0.3) is 0 Å². The molecule has 0 aromatic heterocycles. The Morgan fingerprint density at radius 2 is 0.812 bits per heavy atom. The minimum absolute atomic E-state index is 0.254. The van der Waals surface area contributed by atoms with Crippen LogP contribution in [0.25, 0.3) is 0 Å². The Hall–Kier alpha value is -2.66. The predicted octanol–water partition coefficient (Wildman–Crippen LogP) is 2.90. The number of aromatic hydroxyl groups is 2. The number of benzene rings is 2. The van der Waals surface area contributed by atoms with E-state index in [2.05, 4.69) is 0 Å². The topological polar surface area (TPSA) is 95.8 Å². The van der Waals surface area contributed by atoms with Gasteiger partial charge < -0.3 is 38.6 Å². The summed E-state index contributed by atoms with van der Waals surface area (Å²) >= 11 is 0. The average molecular weight is 458 g/mol. The second-order valence-electron chi connectivity index (χ2n) is 6.37. The van der Waals surface area contributed by atoms with Gasteiger partial charge in [-0.05, 0) is 24.3 Å². The van der Waals surface area contributed by atoms with Crippen molar-refractivity contribution in [2.24, 2.45) is 0 Å². The molecule has 0 amide bonds. The Labute approximate surface area is 185 Å². The zero-order valence-electron chi connectivity index (χ0n) is 17.6. The lowest BCUT2D eigenvalue weighted by Gasteiger charge is -2.09. The van der Waals surface area contributed by atoms with Gasteiger partial charge >= 0.3 is 0 Å². The fourth-order valence-electron chi connectivity index (χ4n) is 2.35. The van der Waals surface area contributed by atoms with E-state index in [0.29, 0.717) is 64.4 Å². The summed E-state index contributed by atoms with van der Waals surface area (Å²) in [5.41, 5.74) is 0. The molecule has 178 valence electrons. The molecular formula is C22H28F2O8. The highest BCUT2D eigenvalue weighted by atomic mass is 19.1. The summed E-state index contributed by atoms with van der Waals surface area (Å²) < 4.78 is 58.3. The quantitative estimate of drug-likeness (QED) is 0.350. The maximum absolute atomic E-state index is 13.1. The van der Waals surface area contributed by atoms with Crippen LogP contribution in [0.5, 0.6) is 23.0 Å². The van der Waals surface area contributed by atoms with E-state index in [-0.39, 0.29) is 13.2 Å². The van der Waals surface area contributed by atoms with E-state index in [1.807, 2.05) is 0 Å². The van der Waals surface area contributed by atoms with Crippen molar-refractivity contribution in [3.8, 4) is 23.0 Å². The lowest BCUT2D eigenvalue weighted by Crippen LogP contribution is -2.14. The van der Waals surface area contributed by atoms with Crippen LogP contribution in [0, 0.1) is 11.6 Å². The van der Waals surface area contributed by atoms with Crippen molar-refractivity contribution in [1.29, 1.82) is 0 Å². The van der Waals surface area contributed by atoms with Gasteiger partial charge in [0, 0.05) is 12.1 Å². The number of hydrogen-bond acceptors (Lipinski definition) is 8. The third kappa shape index (κ3) is 10.6. The van der Waals surface area contributed by atoms with Gasteiger partial charge in [-0.1, -0.05) is 0 Å². The van der Waals surface area contributed by atoms with E-state index < -0.39 is 23.1 Å². The van der Waals surface area contributed by atoms with Crippen molar-refractivity contribution in [1.82, 2.24) is 0 Å². The van der Waals surface area contributed by atoms with Crippen LogP contribution in [-0.2, 0) is 18.9 Å². The van der Waals surface area contributed by atoms with Crippen molar-refractivity contribution >= 4 is 0 Å². The molecule has 0 saturated heterocycles. The second kappa shape index (κ2) is 15.2. The summed E-state index contributed by atoms with van der Waals surface area (Å²) in [6.45, 7) is 3.59. The van der Waals surface area contributed by atoms with Gasteiger partial charge in [-0.2, -0.15) is 0 Å². The maximum Gasteiger partial charge on any atom is 0.168 e. The molecule has 8 nitrogen and oxygen atoms in total. The molecule has 2 rings (SSSR count). The van der Waals surface area contributed by atoms with Crippen LogP contribution >= 0.6 is 0 Å². The van der Waals surface area contributed by atoms with E-state index in [4.69, 9.17) is 38.6 Å². The summed E-state index contributed by atoms with van der Waals surface area (Å²) in [6, 6.07) is 7.62. The smallest absolute Gasteiger partial charge is 0.168 e. The van der Waals surface area contributed by atoms with Crippen LogP contribution in [0.4, 0.5) is 8.78 Å². The van der Waals surface area contributed by atoms with Gasteiger partial charge in [0.05, 0.1) is 52.9 Å². The summed E-state index contributed by atoms with van der Waals surface area (Å²) in [5.74, 6) is -1.66. The first-order valence-corrected chi connectivity index (χ1v) is 10.1. The molecular weight excluding hydrogens is 430 g/mol. The van der Waals surface area contributed by atoms with Crippen molar-refractivity contribution in [2.45, 2.75) is 0 Å². The number of ether oxygens (including phenoxy) is 6. The molecule has 2 aromatic rings. The van der Waals surface area contributed by atoms with Crippen molar-refractivity contribution in [3.63, 3.8) is 0 Å². The van der Waals surface area contributed by atoms with Crippen molar-refractivity contribution in [2.75, 3.05) is 66.1 Å². The molecule has 0 aliphatic heterocycles. The Kier molecular flexibility index (Phi) is 12.2. The number of phenolic OH excluding ortho intramolecular Hbond substituents is 2. The van der Waals surface area contributed by atoms with E-state index in [0.717, 1.165) is 12.1 Å². The Morgan fingerprint density at radius 3 is 1.12 bits per heavy atom. The number of hydrogen-bond donors (Lipinski definition) is 2. The largest absolute Gasteiger partial charge is 0.505 e. The lowest BCUT2D eigenvalue weighted by atomic mass is 10.3. The van der Waals surface area contributed by atoms with Crippen LogP contribution in [0.2, 0.25) is 0 Å². The normalized spacial score (nSPS) is 10.9. The molecule has 10 heteroatoms. The molecule has 0 spiro atoms. The molecule has 0 saturated carbocycles. The minimum Gasteiger partial charge on any atom is -0.505 e. The second-order valence-corrected chi connectivity index (χ2v) is 6.37. The molecule has 32 heavy (non-hydrogen) atoms. The third-order valence-electron chi connectivity index (χ3n) is 3.95. The highest BCUT2D eigenvalue weighted by Crippen LogP contribution is 2.21. The van der Waals surface area contributed by atoms with Gasteiger partial charge in [0.15, 0.2) is 23.1 Å². The molecule has 2 N–H and O–H groups in total. The molecule has 0 heterocycles. The SMILES string of the molecule is Oc1ccc(OCCOCCOCCOCCOCCOc2ccc(O)c(F)c2)cc1F. The van der Waals surface area contributed by atoms with Crippen LogP contribution in [-0.4, -0.2) is 76.3 Å². The highest BCUT2D eigenvalue weighted by molar-refractivity contribution is 5.32. The first-order chi connectivity index (χ1) is 15.6. The van der Waals surface area contributed by atoms with Gasteiger partial charge in [0.1, 0.15) is 24.7 Å². The van der Waals surface area contributed by atoms with Gasteiger partial charge in [-0.25, -0.2) is 8.78 Å². The molecule has 0 aliphatic carbocycles. The predicted molar refractivity (Wildman–Crippen MR) is 110 cm³/mol. The van der Waals surface area contributed by atoms with E-state index in [1.165, 1.54) is 24.3 Å². The average Bonchev–Trinajstić information content (AvgIpc) is 2.78.